The van der Waals surface area contributed by atoms with Gasteiger partial charge in [0.25, 0.3) is 0 Å². The average molecular weight is 251 g/mol. The van der Waals surface area contributed by atoms with Gasteiger partial charge in [-0.15, -0.1) is 6.58 Å². The van der Waals surface area contributed by atoms with E-state index in [0.717, 1.165) is 43.7 Å². The van der Waals surface area contributed by atoms with Crippen LogP contribution in [0.15, 0.2) is 12.7 Å². The van der Waals surface area contributed by atoms with E-state index >= 15 is 0 Å². The van der Waals surface area contributed by atoms with Crippen molar-refractivity contribution in [1.29, 1.82) is 0 Å². The van der Waals surface area contributed by atoms with E-state index in [-0.39, 0.29) is 6.09 Å². The summed E-state index contributed by atoms with van der Waals surface area (Å²) in [6.45, 7) is 11.3. The van der Waals surface area contributed by atoms with Gasteiger partial charge in [0.1, 0.15) is 5.60 Å². The van der Waals surface area contributed by atoms with E-state index in [9.17, 15) is 4.79 Å². The van der Waals surface area contributed by atoms with Gasteiger partial charge in [-0.25, -0.2) is 4.79 Å². The van der Waals surface area contributed by atoms with Crippen LogP contribution in [-0.4, -0.2) is 29.7 Å². The highest BCUT2D eigenvalue weighted by Crippen LogP contribution is 2.48. The van der Waals surface area contributed by atoms with Crippen molar-refractivity contribution in [2.75, 3.05) is 13.1 Å². The highest BCUT2D eigenvalue weighted by molar-refractivity contribution is 5.68. The first-order chi connectivity index (χ1) is 8.40. The van der Waals surface area contributed by atoms with Gasteiger partial charge in [0.15, 0.2) is 0 Å². The summed E-state index contributed by atoms with van der Waals surface area (Å²) in [7, 11) is 0. The van der Waals surface area contributed by atoms with E-state index in [1.54, 1.807) is 0 Å². The maximum absolute atomic E-state index is 11.9. The van der Waals surface area contributed by atoms with E-state index in [1.807, 2.05) is 25.7 Å². The Labute approximate surface area is 110 Å². The number of likely N-dealkylation sites (tertiary alicyclic amines) is 1. The lowest BCUT2D eigenvalue weighted by Gasteiger charge is -2.33. The number of carbonyl (C=O) groups excluding carboxylic acids is 1. The van der Waals surface area contributed by atoms with Gasteiger partial charge < -0.3 is 9.64 Å². The molecular weight excluding hydrogens is 226 g/mol. The molecular formula is C15H25NO2. The van der Waals surface area contributed by atoms with E-state index < -0.39 is 5.60 Å². The van der Waals surface area contributed by atoms with Crippen molar-refractivity contribution in [3.8, 4) is 0 Å². The first kappa shape index (κ1) is 13.4. The molecule has 1 heterocycles. The molecule has 2 fully saturated rings. The third-order valence-electron chi connectivity index (χ3n) is 3.99. The highest BCUT2D eigenvalue weighted by Gasteiger charge is 2.42. The number of carbonyl (C=O) groups is 1. The second kappa shape index (κ2) is 4.94. The quantitative estimate of drug-likeness (QED) is 0.703. The molecule has 1 aliphatic carbocycles. The van der Waals surface area contributed by atoms with Crippen LogP contribution in [0.4, 0.5) is 4.79 Å². The molecule has 0 bridgehead atoms. The van der Waals surface area contributed by atoms with Crippen LogP contribution in [-0.2, 0) is 4.74 Å². The van der Waals surface area contributed by atoms with E-state index in [1.165, 1.54) is 6.42 Å². The van der Waals surface area contributed by atoms with Crippen molar-refractivity contribution < 1.29 is 9.53 Å². The summed E-state index contributed by atoms with van der Waals surface area (Å²) >= 11 is 0. The molecule has 1 saturated heterocycles. The number of rotatable bonds is 2. The molecule has 3 heteroatoms. The predicted molar refractivity (Wildman–Crippen MR) is 72.3 cm³/mol. The molecule has 2 atom stereocenters. The van der Waals surface area contributed by atoms with Gasteiger partial charge in [-0.05, 0) is 57.8 Å². The molecule has 0 unspecified atom stereocenters. The standard InChI is InChI=1S/C15H25NO2/c1-5-11-10-13(11)12-6-8-16(9-7-12)14(17)18-15(2,3)4/h5,11-13H,1,6-10H2,2-4H3/t11-,13-/m1/s1. The summed E-state index contributed by atoms with van der Waals surface area (Å²) in [6, 6.07) is 0. The van der Waals surface area contributed by atoms with Crippen LogP contribution in [0, 0.1) is 17.8 Å². The maximum Gasteiger partial charge on any atom is 0.410 e. The van der Waals surface area contributed by atoms with Crippen LogP contribution in [0.3, 0.4) is 0 Å². The fraction of sp³-hybridized carbons (Fsp3) is 0.800. The van der Waals surface area contributed by atoms with Crippen LogP contribution >= 0.6 is 0 Å². The zero-order valence-corrected chi connectivity index (χ0v) is 11.8. The minimum absolute atomic E-state index is 0.156. The number of nitrogens with zero attached hydrogens (tertiary/aromatic N) is 1. The van der Waals surface area contributed by atoms with Crippen LogP contribution in [0.25, 0.3) is 0 Å². The summed E-state index contributed by atoms with van der Waals surface area (Å²) < 4.78 is 5.40. The fourth-order valence-electron chi connectivity index (χ4n) is 2.89. The van der Waals surface area contributed by atoms with Gasteiger partial charge in [-0.3, -0.25) is 0 Å². The van der Waals surface area contributed by atoms with Crippen molar-refractivity contribution >= 4 is 6.09 Å². The molecule has 0 spiro atoms. The van der Waals surface area contributed by atoms with Gasteiger partial charge in [-0.1, -0.05) is 6.08 Å². The van der Waals surface area contributed by atoms with Crippen molar-refractivity contribution in [3.05, 3.63) is 12.7 Å². The first-order valence-electron chi connectivity index (χ1n) is 7.01. The monoisotopic (exact) mass is 251 g/mol. The molecule has 0 aromatic carbocycles. The maximum atomic E-state index is 11.9. The Kier molecular flexibility index (Phi) is 3.69. The van der Waals surface area contributed by atoms with Gasteiger partial charge in [0, 0.05) is 13.1 Å². The Hall–Kier alpha value is -0.990. The molecule has 1 saturated carbocycles. The number of amides is 1. The number of piperidine rings is 1. The van der Waals surface area contributed by atoms with Gasteiger partial charge >= 0.3 is 6.09 Å². The van der Waals surface area contributed by atoms with Crippen LogP contribution < -0.4 is 0 Å². The molecule has 18 heavy (non-hydrogen) atoms. The first-order valence-corrected chi connectivity index (χ1v) is 7.01. The Morgan fingerprint density at radius 3 is 2.39 bits per heavy atom. The lowest BCUT2D eigenvalue weighted by atomic mass is 9.91. The molecule has 0 aromatic heterocycles. The SMILES string of the molecule is C=C[C@@H]1C[C@H]1C1CCN(C(=O)OC(C)(C)C)CC1. The Morgan fingerprint density at radius 2 is 1.94 bits per heavy atom. The molecule has 2 aliphatic rings. The second-order valence-corrected chi connectivity index (χ2v) is 6.60. The normalized spacial score (nSPS) is 28.9. The highest BCUT2D eigenvalue weighted by atomic mass is 16.6. The van der Waals surface area contributed by atoms with E-state index in [2.05, 4.69) is 12.7 Å². The smallest absolute Gasteiger partial charge is 0.410 e. The Bertz CT molecular complexity index is 324. The molecule has 0 aromatic rings. The minimum Gasteiger partial charge on any atom is -0.444 e. The number of hydrogen-bond acceptors (Lipinski definition) is 2. The zero-order chi connectivity index (χ0) is 13.3. The third kappa shape index (κ3) is 3.27. The molecule has 1 amide bonds. The summed E-state index contributed by atoms with van der Waals surface area (Å²) in [4.78, 5) is 13.8. The Balaban J connectivity index is 1.76. The third-order valence-corrected chi connectivity index (χ3v) is 3.99. The van der Waals surface area contributed by atoms with Crippen LogP contribution in [0.5, 0.6) is 0 Å². The lowest BCUT2D eigenvalue weighted by molar-refractivity contribution is 0.0175. The second-order valence-electron chi connectivity index (χ2n) is 6.60. The summed E-state index contributed by atoms with van der Waals surface area (Å²) in [5, 5.41) is 0. The lowest BCUT2D eigenvalue weighted by Crippen LogP contribution is -2.42. The molecule has 1 aliphatic heterocycles. The summed E-state index contributed by atoms with van der Waals surface area (Å²) in [5.41, 5.74) is -0.391. The fourth-order valence-corrected chi connectivity index (χ4v) is 2.89. The Morgan fingerprint density at radius 1 is 1.33 bits per heavy atom. The van der Waals surface area contributed by atoms with E-state index in [4.69, 9.17) is 4.74 Å². The zero-order valence-electron chi connectivity index (χ0n) is 11.8. The summed E-state index contributed by atoms with van der Waals surface area (Å²) in [5.74, 6) is 2.36. The van der Waals surface area contributed by atoms with Crippen LogP contribution in [0.1, 0.15) is 40.0 Å². The molecule has 0 N–H and O–H groups in total. The largest absolute Gasteiger partial charge is 0.444 e. The van der Waals surface area contributed by atoms with Crippen LogP contribution in [0.2, 0.25) is 0 Å². The molecule has 0 radical (unpaired) electrons. The van der Waals surface area contributed by atoms with Gasteiger partial charge in [0.2, 0.25) is 0 Å². The number of ether oxygens (including phenoxy) is 1. The number of allylic oxidation sites excluding steroid dienone is 1. The number of hydrogen-bond donors (Lipinski definition) is 0. The average Bonchev–Trinajstić information content (AvgIpc) is 3.06. The van der Waals surface area contributed by atoms with Crippen molar-refractivity contribution in [1.82, 2.24) is 4.90 Å². The molecule has 3 nitrogen and oxygen atoms in total. The van der Waals surface area contributed by atoms with Crippen molar-refractivity contribution in [2.45, 2.75) is 45.6 Å². The summed E-state index contributed by atoms with van der Waals surface area (Å²) in [6.07, 6.45) is 5.48. The van der Waals surface area contributed by atoms with Gasteiger partial charge in [0.05, 0.1) is 0 Å². The molecule has 2 rings (SSSR count). The van der Waals surface area contributed by atoms with Gasteiger partial charge in [-0.2, -0.15) is 0 Å². The molecule has 102 valence electrons. The topological polar surface area (TPSA) is 29.5 Å². The predicted octanol–water partition coefficient (Wildman–Crippen LogP) is 3.46. The van der Waals surface area contributed by atoms with E-state index in [0.29, 0.717) is 0 Å². The van der Waals surface area contributed by atoms with Crippen molar-refractivity contribution in [3.63, 3.8) is 0 Å². The van der Waals surface area contributed by atoms with Crippen molar-refractivity contribution in [2.24, 2.45) is 17.8 Å². The minimum atomic E-state index is -0.391.